The van der Waals surface area contributed by atoms with E-state index in [2.05, 4.69) is 43.0 Å². The van der Waals surface area contributed by atoms with Crippen LogP contribution >= 0.6 is 13.5 Å². The topological polar surface area (TPSA) is 3.24 Å². The molecular weight excluding hydrogens is 178 g/mol. The molecular formula is C11H17NS. The molecule has 0 aliphatic carbocycles. The Morgan fingerprint density at radius 1 is 1.08 bits per heavy atom. The Kier molecular flexibility index (Phi) is 3.40. The van der Waals surface area contributed by atoms with Crippen LogP contribution in [0.5, 0.6) is 0 Å². The Morgan fingerprint density at radius 3 is 1.92 bits per heavy atom. The van der Waals surface area contributed by atoms with Gasteiger partial charge in [0.05, 0.1) is 0 Å². The highest BCUT2D eigenvalue weighted by Crippen LogP contribution is 2.23. The van der Waals surface area contributed by atoms with Crippen molar-refractivity contribution in [3.05, 3.63) is 35.4 Å². The summed E-state index contributed by atoms with van der Waals surface area (Å²) < 4.78 is 0. The zero-order valence-electron chi connectivity index (χ0n) is 8.25. The quantitative estimate of drug-likeness (QED) is 0.665. The maximum absolute atomic E-state index is 2.49. The van der Waals surface area contributed by atoms with E-state index in [1.807, 2.05) is 0 Å². The summed E-state index contributed by atoms with van der Waals surface area (Å²) in [6, 6.07) is 9.39. The van der Waals surface area contributed by atoms with E-state index in [-0.39, 0.29) is 13.5 Å². The summed E-state index contributed by atoms with van der Waals surface area (Å²) >= 11 is 0. The van der Waals surface area contributed by atoms with Gasteiger partial charge in [-0.2, -0.15) is 13.5 Å². The second-order valence-electron chi connectivity index (χ2n) is 3.77. The van der Waals surface area contributed by atoms with Crippen LogP contribution in [0.15, 0.2) is 24.3 Å². The summed E-state index contributed by atoms with van der Waals surface area (Å²) in [7, 11) is 0. The molecule has 1 aromatic carbocycles. The van der Waals surface area contributed by atoms with Crippen LogP contribution in [-0.2, 0) is 13.1 Å². The van der Waals surface area contributed by atoms with Gasteiger partial charge in [-0.05, 0) is 25.0 Å². The summed E-state index contributed by atoms with van der Waals surface area (Å²) in [5.41, 5.74) is 3.01. The monoisotopic (exact) mass is 195 g/mol. The van der Waals surface area contributed by atoms with Crippen molar-refractivity contribution in [2.75, 3.05) is 0 Å². The van der Waals surface area contributed by atoms with Gasteiger partial charge in [-0.1, -0.05) is 24.3 Å². The maximum Gasteiger partial charge on any atom is 0.0243 e. The fourth-order valence-corrected chi connectivity index (χ4v) is 1.72. The minimum absolute atomic E-state index is 0. The van der Waals surface area contributed by atoms with Crippen molar-refractivity contribution < 1.29 is 0 Å². The number of hydrogen-bond donors (Lipinski definition) is 0. The first-order valence-electron chi connectivity index (χ1n) is 4.58. The number of rotatable bonds is 1. The van der Waals surface area contributed by atoms with Crippen LogP contribution in [-0.4, -0.2) is 10.9 Å². The van der Waals surface area contributed by atoms with E-state index in [0.717, 1.165) is 13.1 Å². The van der Waals surface area contributed by atoms with Crippen LogP contribution in [0.4, 0.5) is 0 Å². The highest BCUT2D eigenvalue weighted by molar-refractivity contribution is 7.59. The number of hydrogen-bond acceptors (Lipinski definition) is 1. The second kappa shape index (κ2) is 4.16. The van der Waals surface area contributed by atoms with Gasteiger partial charge < -0.3 is 0 Å². The van der Waals surface area contributed by atoms with Gasteiger partial charge in [0.15, 0.2) is 0 Å². The molecule has 72 valence electrons. The standard InChI is InChI=1S/C11H15N.H2S/c1-9(2)12-7-10-5-3-4-6-11(10)8-12;/h3-6,9H,7-8H2,1-2H3;1H2. The van der Waals surface area contributed by atoms with Crippen LogP contribution in [0.3, 0.4) is 0 Å². The number of nitrogens with zero attached hydrogens (tertiary/aromatic N) is 1. The molecule has 2 rings (SSSR count). The molecule has 13 heavy (non-hydrogen) atoms. The van der Waals surface area contributed by atoms with Gasteiger partial charge in [0.1, 0.15) is 0 Å². The summed E-state index contributed by atoms with van der Waals surface area (Å²) in [6.07, 6.45) is 0. The van der Waals surface area contributed by atoms with Crippen LogP contribution < -0.4 is 0 Å². The Balaban J connectivity index is 0.000000845. The minimum atomic E-state index is 0. The van der Waals surface area contributed by atoms with Gasteiger partial charge in [0, 0.05) is 19.1 Å². The molecule has 0 radical (unpaired) electrons. The molecule has 0 saturated carbocycles. The van der Waals surface area contributed by atoms with Crippen LogP contribution in [0.25, 0.3) is 0 Å². The van der Waals surface area contributed by atoms with Gasteiger partial charge in [-0.3, -0.25) is 4.90 Å². The minimum Gasteiger partial charge on any atom is -0.292 e. The average molecular weight is 195 g/mol. The van der Waals surface area contributed by atoms with Gasteiger partial charge >= 0.3 is 0 Å². The lowest BCUT2D eigenvalue weighted by atomic mass is 10.1. The predicted octanol–water partition coefficient (Wildman–Crippen LogP) is 2.52. The summed E-state index contributed by atoms with van der Waals surface area (Å²) in [6.45, 7) is 6.78. The van der Waals surface area contributed by atoms with E-state index in [9.17, 15) is 0 Å². The van der Waals surface area contributed by atoms with Crippen molar-refractivity contribution in [1.82, 2.24) is 4.90 Å². The Labute approximate surface area is 87.2 Å². The van der Waals surface area contributed by atoms with E-state index in [4.69, 9.17) is 0 Å². The van der Waals surface area contributed by atoms with Crippen LogP contribution in [0.1, 0.15) is 25.0 Å². The lowest BCUT2D eigenvalue weighted by Crippen LogP contribution is -2.24. The van der Waals surface area contributed by atoms with E-state index in [1.165, 1.54) is 11.1 Å². The molecule has 0 unspecified atom stereocenters. The van der Waals surface area contributed by atoms with Crippen molar-refractivity contribution in [3.63, 3.8) is 0 Å². The molecule has 0 atom stereocenters. The highest BCUT2D eigenvalue weighted by atomic mass is 32.1. The molecule has 1 aliphatic heterocycles. The highest BCUT2D eigenvalue weighted by Gasteiger charge is 2.19. The second-order valence-corrected chi connectivity index (χ2v) is 3.77. The van der Waals surface area contributed by atoms with Gasteiger partial charge in [-0.15, -0.1) is 0 Å². The van der Waals surface area contributed by atoms with E-state index in [1.54, 1.807) is 0 Å². The SMILES string of the molecule is CC(C)N1Cc2ccccc2C1.S. The first-order chi connectivity index (χ1) is 5.77. The lowest BCUT2D eigenvalue weighted by molar-refractivity contribution is 0.227. The third-order valence-corrected chi connectivity index (χ3v) is 2.60. The molecule has 0 spiro atoms. The molecule has 0 aromatic heterocycles. The van der Waals surface area contributed by atoms with Crippen LogP contribution in [0.2, 0.25) is 0 Å². The van der Waals surface area contributed by atoms with Gasteiger partial charge in [0.25, 0.3) is 0 Å². The first-order valence-corrected chi connectivity index (χ1v) is 4.58. The van der Waals surface area contributed by atoms with E-state index >= 15 is 0 Å². The predicted molar refractivity (Wildman–Crippen MR) is 61.2 cm³/mol. The van der Waals surface area contributed by atoms with E-state index in [0.29, 0.717) is 6.04 Å². The summed E-state index contributed by atoms with van der Waals surface area (Å²) in [4.78, 5) is 2.49. The summed E-state index contributed by atoms with van der Waals surface area (Å²) in [5.74, 6) is 0. The number of fused-ring (bicyclic) bond motifs is 1. The maximum atomic E-state index is 2.49. The molecule has 0 amide bonds. The molecule has 1 nitrogen and oxygen atoms in total. The lowest BCUT2D eigenvalue weighted by Gasteiger charge is -2.18. The Bertz CT molecular complexity index is 258. The normalized spacial score (nSPS) is 15.6. The molecule has 1 heterocycles. The largest absolute Gasteiger partial charge is 0.292 e. The molecule has 0 fully saturated rings. The average Bonchev–Trinajstić information content (AvgIpc) is 2.46. The number of benzene rings is 1. The van der Waals surface area contributed by atoms with E-state index < -0.39 is 0 Å². The zero-order chi connectivity index (χ0) is 8.55. The first kappa shape index (κ1) is 10.6. The fourth-order valence-electron chi connectivity index (χ4n) is 1.72. The van der Waals surface area contributed by atoms with Crippen molar-refractivity contribution in [1.29, 1.82) is 0 Å². The summed E-state index contributed by atoms with van der Waals surface area (Å²) in [5, 5.41) is 0. The molecule has 1 aliphatic rings. The van der Waals surface area contributed by atoms with Crippen molar-refractivity contribution in [2.45, 2.75) is 33.0 Å². The smallest absolute Gasteiger partial charge is 0.0243 e. The van der Waals surface area contributed by atoms with Crippen molar-refractivity contribution >= 4 is 13.5 Å². The Hall–Kier alpha value is -0.470. The van der Waals surface area contributed by atoms with Gasteiger partial charge in [0.2, 0.25) is 0 Å². The fraction of sp³-hybridized carbons (Fsp3) is 0.455. The zero-order valence-corrected chi connectivity index (χ0v) is 9.25. The van der Waals surface area contributed by atoms with Crippen LogP contribution in [0, 0.1) is 0 Å². The van der Waals surface area contributed by atoms with Gasteiger partial charge in [-0.25, -0.2) is 0 Å². The third kappa shape index (κ3) is 2.06. The molecule has 0 N–H and O–H groups in total. The Morgan fingerprint density at radius 2 is 1.54 bits per heavy atom. The molecule has 0 bridgehead atoms. The van der Waals surface area contributed by atoms with Crippen molar-refractivity contribution in [3.8, 4) is 0 Å². The third-order valence-electron chi connectivity index (χ3n) is 2.60. The van der Waals surface area contributed by atoms with Crippen molar-refractivity contribution in [2.24, 2.45) is 0 Å². The molecule has 2 heteroatoms. The molecule has 1 aromatic rings. The molecule has 0 saturated heterocycles.